The fourth-order valence-electron chi connectivity index (χ4n) is 4.76. The van der Waals surface area contributed by atoms with Crippen molar-refractivity contribution in [2.75, 3.05) is 24.6 Å². The molecule has 0 saturated carbocycles. The highest BCUT2D eigenvalue weighted by Crippen LogP contribution is 2.35. The topological polar surface area (TPSA) is 51.1 Å². The van der Waals surface area contributed by atoms with Crippen molar-refractivity contribution in [2.45, 2.75) is 51.0 Å². The van der Waals surface area contributed by atoms with Gasteiger partial charge >= 0.3 is 0 Å². The van der Waals surface area contributed by atoms with Crippen molar-refractivity contribution in [1.82, 2.24) is 15.0 Å². The summed E-state index contributed by atoms with van der Waals surface area (Å²) >= 11 is 0. The molecule has 0 amide bonds. The molecule has 136 valence electrons. The highest BCUT2D eigenvalue weighted by Gasteiger charge is 2.31. The molecule has 1 atom stereocenters. The fourth-order valence-corrected chi connectivity index (χ4v) is 4.76. The number of pyridine rings is 1. The van der Waals surface area contributed by atoms with Gasteiger partial charge in [-0.15, -0.1) is 0 Å². The normalized spacial score (nSPS) is 23.4. The molecule has 2 fully saturated rings. The summed E-state index contributed by atoms with van der Waals surface area (Å²) in [7, 11) is 0. The van der Waals surface area contributed by atoms with Crippen LogP contribution in [-0.2, 0) is 17.6 Å². The maximum absolute atomic E-state index is 5.93. The molecule has 5 rings (SSSR count). The first-order valence-corrected chi connectivity index (χ1v) is 10.1. The lowest BCUT2D eigenvalue weighted by Gasteiger charge is -2.36. The lowest BCUT2D eigenvalue weighted by Crippen LogP contribution is -2.38. The Balaban J connectivity index is 1.41. The van der Waals surface area contributed by atoms with Crippen molar-refractivity contribution in [2.24, 2.45) is 5.92 Å². The van der Waals surface area contributed by atoms with Gasteiger partial charge in [0.15, 0.2) is 5.82 Å². The number of hydrogen-bond donors (Lipinski definition) is 0. The first-order chi connectivity index (χ1) is 12.9. The second-order valence-electron chi connectivity index (χ2n) is 7.76. The van der Waals surface area contributed by atoms with Crippen molar-refractivity contribution in [1.29, 1.82) is 0 Å². The van der Waals surface area contributed by atoms with E-state index in [9.17, 15) is 0 Å². The van der Waals surface area contributed by atoms with Gasteiger partial charge in [0, 0.05) is 48.9 Å². The molecule has 5 heteroatoms. The number of aromatic nitrogens is 3. The third kappa shape index (κ3) is 2.98. The largest absolute Gasteiger partial charge is 0.378 e. The van der Waals surface area contributed by atoms with Gasteiger partial charge in [-0.05, 0) is 63.0 Å². The van der Waals surface area contributed by atoms with Crippen molar-refractivity contribution >= 4 is 5.82 Å². The standard InChI is InChI=1S/C21H26N4O/c1-3-17-18(4-1)23-20(16-6-10-22-11-7-16)24-21(17)25-12-8-15(9-13-25)19-5-2-14-26-19/h6-7,10-11,15,19H,1-5,8-9,12-14H2. The summed E-state index contributed by atoms with van der Waals surface area (Å²) in [4.78, 5) is 16.5. The van der Waals surface area contributed by atoms with Crippen LogP contribution in [0.3, 0.4) is 0 Å². The molecule has 0 spiro atoms. The van der Waals surface area contributed by atoms with Crippen LogP contribution < -0.4 is 4.90 Å². The minimum Gasteiger partial charge on any atom is -0.378 e. The molecule has 0 aromatic carbocycles. The predicted octanol–water partition coefficient (Wildman–Crippen LogP) is 3.42. The zero-order valence-corrected chi connectivity index (χ0v) is 15.2. The summed E-state index contributed by atoms with van der Waals surface area (Å²) in [5.74, 6) is 2.76. The van der Waals surface area contributed by atoms with Gasteiger partial charge in [-0.3, -0.25) is 4.98 Å². The van der Waals surface area contributed by atoms with Gasteiger partial charge in [0.2, 0.25) is 0 Å². The SMILES string of the molecule is c1cc(-c2nc3c(c(N4CCC(C5CCCO5)CC4)n2)CCC3)ccn1. The number of fused-ring (bicyclic) bond motifs is 1. The second kappa shape index (κ2) is 6.95. The molecule has 1 unspecified atom stereocenters. The van der Waals surface area contributed by atoms with Crippen LogP contribution in [0.15, 0.2) is 24.5 Å². The average molecular weight is 350 g/mol. The van der Waals surface area contributed by atoms with E-state index in [1.54, 1.807) is 0 Å². The van der Waals surface area contributed by atoms with Gasteiger partial charge in [0.05, 0.1) is 6.10 Å². The first-order valence-electron chi connectivity index (χ1n) is 10.1. The van der Waals surface area contributed by atoms with Crippen molar-refractivity contribution in [3.63, 3.8) is 0 Å². The Labute approximate surface area is 154 Å². The summed E-state index contributed by atoms with van der Waals surface area (Å²) < 4.78 is 5.93. The second-order valence-corrected chi connectivity index (χ2v) is 7.76. The van der Waals surface area contributed by atoms with Gasteiger partial charge in [0.1, 0.15) is 5.82 Å². The lowest BCUT2D eigenvalue weighted by molar-refractivity contribution is 0.0531. The molecule has 0 N–H and O–H groups in total. The van der Waals surface area contributed by atoms with Crippen LogP contribution in [0.1, 0.15) is 43.4 Å². The van der Waals surface area contributed by atoms with Crippen molar-refractivity contribution in [3.8, 4) is 11.4 Å². The molecule has 2 saturated heterocycles. The predicted molar refractivity (Wildman–Crippen MR) is 101 cm³/mol. The van der Waals surface area contributed by atoms with E-state index >= 15 is 0 Å². The van der Waals surface area contributed by atoms with Gasteiger partial charge in [0.25, 0.3) is 0 Å². The van der Waals surface area contributed by atoms with Crippen LogP contribution in [0.5, 0.6) is 0 Å². The van der Waals surface area contributed by atoms with Gasteiger partial charge in [-0.25, -0.2) is 9.97 Å². The molecule has 2 aliphatic heterocycles. The zero-order valence-electron chi connectivity index (χ0n) is 15.2. The minimum atomic E-state index is 0.501. The van der Waals surface area contributed by atoms with E-state index < -0.39 is 0 Å². The smallest absolute Gasteiger partial charge is 0.161 e. The molecule has 0 radical (unpaired) electrons. The van der Waals surface area contributed by atoms with Gasteiger partial charge in [-0.2, -0.15) is 0 Å². The number of nitrogens with zero attached hydrogens (tertiary/aromatic N) is 4. The summed E-state index contributed by atoms with van der Waals surface area (Å²) in [5.41, 5.74) is 3.70. The fraction of sp³-hybridized carbons (Fsp3) is 0.571. The molecule has 0 bridgehead atoms. The average Bonchev–Trinajstić information content (AvgIpc) is 3.40. The summed E-state index contributed by atoms with van der Waals surface area (Å²) in [6, 6.07) is 4.01. The molecule has 2 aromatic rings. The first kappa shape index (κ1) is 16.2. The Kier molecular flexibility index (Phi) is 4.33. The number of rotatable bonds is 3. The van der Waals surface area contributed by atoms with Crippen molar-refractivity contribution < 1.29 is 4.74 Å². The molecular weight excluding hydrogens is 324 g/mol. The number of anilines is 1. The highest BCUT2D eigenvalue weighted by atomic mass is 16.5. The summed E-state index contributed by atoms with van der Waals surface area (Å²) in [6.07, 6.45) is 12.4. The van der Waals surface area contributed by atoms with E-state index in [1.165, 1.54) is 49.2 Å². The van der Waals surface area contributed by atoms with E-state index in [0.717, 1.165) is 49.8 Å². The molecule has 5 nitrogen and oxygen atoms in total. The minimum absolute atomic E-state index is 0.501. The van der Waals surface area contributed by atoms with Crippen LogP contribution >= 0.6 is 0 Å². The molecule has 2 aromatic heterocycles. The third-order valence-corrected chi connectivity index (χ3v) is 6.18. The van der Waals surface area contributed by atoms with Crippen LogP contribution in [0, 0.1) is 5.92 Å². The van der Waals surface area contributed by atoms with E-state index in [4.69, 9.17) is 14.7 Å². The summed E-state index contributed by atoms with van der Waals surface area (Å²) in [5, 5.41) is 0. The molecule has 4 heterocycles. The van der Waals surface area contributed by atoms with Crippen LogP contribution in [0.2, 0.25) is 0 Å². The monoisotopic (exact) mass is 350 g/mol. The van der Waals surface area contributed by atoms with Crippen LogP contribution in [0.4, 0.5) is 5.82 Å². The Hall–Kier alpha value is -2.01. The molecular formula is C21H26N4O. The lowest BCUT2D eigenvalue weighted by atomic mass is 9.89. The quantitative estimate of drug-likeness (QED) is 0.849. The van der Waals surface area contributed by atoms with E-state index in [-0.39, 0.29) is 0 Å². The Morgan fingerprint density at radius 2 is 1.81 bits per heavy atom. The molecule has 26 heavy (non-hydrogen) atoms. The Morgan fingerprint density at radius 3 is 2.58 bits per heavy atom. The molecule has 3 aliphatic rings. The van der Waals surface area contributed by atoms with Crippen molar-refractivity contribution in [3.05, 3.63) is 35.8 Å². The molecule has 1 aliphatic carbocycles. The highest BCUT2D eigenvalue weighted by molar-refractivity contribution is 5.61. The number of ether oxygens (including phenoxy) is 1. The van der Waals surface area contributed by atoms with Crippen LogP contribution in [0.25, 0.3) is 11.4 Å². The number of hydrogen-bond acceptors (Lipinski definition) is 5. The van der Waals surface area contributed by atoms with Crippen LogP contribution in [-0.4, -0.2) is 40.8 Å². The third-order valence-electron chi connectivity index (χ3n) is 6.18. The maximum atomic E-state index is 5.93. The van der Waals surface area contributed by atoms with Gasteiger partial charge in [-0.1, -0.05) is 0 Å². The van der Waals surface area contributed by atoms with E-state index in [2.05, 4.69) is 9.88 Å². The number of piperidine rings is 1. The zero-order chi connectivity index (χ0) is 17.3. The van der Waals surface area contributed by atoms with E-state index in [1.807, 2.05) is 24.5 Å². The Morgan fingerprint density at radius 1 is 0.962 bits per heavy atom. The Bertz CT molecular complexity index is 765. The number of aryl methyl sites for hydroxylation is 1. The van der Waals surface area contributed by atoms with Gasteiger partial charge < -0.3 is 9.64 Å². The van der Waals surface area contributed by atoms with E-state index in [0.29, 0.717) is 6.10 Å². The maximum Gasteiger partial charge on any atom is 0.161 e. The summed E-state index contributed by atoms with van der Waals surface area (Å²) in [6.45, 7) is 3.13.